The zero-order chi connectivity index (χ0) is 20.0. The first-order valence-corrected chi connectivity index (χ1v) is 9.31. The molecule has 0 radical (unpaired) electrons. The molecule has 0 saturated carbocycles. The van der Waals surface area contributed by atoms with E-state index in [1.54, 1.807) is 24.1 Å². The molecular weight excluding hydrogens is 366 g/mol. The molecule has 0 spiro atoms. The van der Waals surface area contributed by atoms with Crippen LogP contribution in [-0.2, 0) is 13.5 Å². The SMILES string of the molecule is Cn1nc(-c2cccnc2)c2c3c(cnc21)C(=O)N(CCc1ccccc1)C3=O. The Morgan fingerprint density at radius 3 is 2.55 bits per heavy atom. The summed E-state index contributed by atoms with van der Waals surface area (Å²) in [6.45, 7) is 0.320. The maximum atomic E-state index is 13.3. The fourth-order valence-electron chi connectivity index (χ4n) is 3.77. The van der Waals surface area contributed by atoms with Crippen molar-refractivity contribution in [3.05, 3.63) is 77.7 Å². The maximum absolute atomic E-state index is 13.3. The summed E-state index contributed by atoms with van der Waals surface area (Å²) in [5.41, 5.74) is 3.72. The smallest absolute Gasteiger partial charge is 0.263 e. The van der Waals surface area contributed by atoms with Crippen LogP contribution in [0.2, 0.25) is 0 Å². The summed E-state index contributed by atoms with van der Waals surface area (Å²) in [6, 6.07) is 13.5. The number of carbonyl (C=O) groups excluding carboxylic acids is 2. The van der Waals surface area contributed by atoms with Crippen LogP contribution in [0.5, 0.6) is 0 Å². The number of fused-ring (bicyclic) bond motifs is 3. The van der Waals surface area contributed by atoms with Crippen LogP contribution in [0.1, 0.15) is 26.3 Å². The minimum atomic E-state index is -0.309. The molecule has 0 bridgehead atoms. The molecule has 0 saturated heterocycles. The number of pyridine rings is 2. The molecular formula is C22H17N5O2. The third-order valence-electron chi connectivity index (χ3n) is 5.19. The standard InChI is InChI=1S/C22H17N5O2/c1-26-20-18(19(25-26)15-8-5-10-23-12-15)17-16(13-24-20)21(28)27(22(17)29)11-9-14-6-3-2-4-7-14/h2-8,10,12-13H,9,11H2,1H3. The van der Waals surface area contributed by atoms with Gasteiger partial charge in [0.2, 0.25) is 0 Å². The van der Waals surface area contributed by atoms with Gasteiger partial charge in [0.05, 0.1) is 16.5 Å². The fourth-order valence-corrected chi connectivity index (χ4v) is 3.77. The van der Waals surface area contributed by atoms with E-state index in [1.807, 2.05) is 42.5 Å². The van der Waals surface area contributed by atoms with E-state index >= 15 is 0 Å². The summed E-state index contributed by atoms with van der Waals surface area (Å²) in [7, 11) is 1.77. The predicted molar refractivity (Wildman–Crippen MR) is 107 cm³/mol. The summed E-state index contributed by atoms with van der Waals surface area (Å²) in [4.78, 5) is 36.1. The number of hydrogen-bond acceptors (Lipinski definition) is 5. The van der Waals surface area contributed by atoms with Gasteiger partial charge in [0.25, 0.3) is 11.8 Å². The van der Waals surface area contributed by atoms with E-state index in [4.69, 9.17) is 0 Å². The summed E-state index contributed by atoms with van der Waals surface area (Å²) in [5.74, 6) is -0.609. The molecule has 0 unspecified atom stereocenters. The monoisotopic (exact) mass is 383 g/mol. The van der Waals surface area contributed by atoms with Gasteiger partial charge in [-0.15, -0.1) is 0 Å². The van der Waals surface area contributed by atoms with Gasteiger partial charge < -0.3 is 0 Å². The second kappa shape index (κ2) is 6.63. The number of aryl methyl sites for hydroxylation is 1. The van der Waals surface area contributed by atoms with E-state index in [2.05, 4.69) is 15.1 Å². The van der Waals surface area contributed by atoms with Crippen molar-refractivity contribution < 1.29 is 9.59 Å². The first-order chi connectivity index (χ1) is 14.1. The Labute approximate surface area is 166 Å². The van der Waals surface area contributed by atoms with Crippen LogP contribution in [0.15, 0.2) is 61.1 Å². The second-order valence-electron chi connectivity index (χ2n) is 6.96. The number of nitrogens with zero attached hydrogens (tertiary/aromatic N) is 5. The third kappa shape index (κ3) is 2.70. The van der Waals surface area contributed by atoms with Crippen LogP contribution < -0.4 is 0 Å². The molecule has 4 aromatic rings. The number of aromatic nitrogens is 4. The number of hydrogen-bond donors (Lipinski definition) is 0. The lowest BCUT2D eigenvalue weighted by atomic mass is 10.0. The van der Waals surface area contributed by atoms with Crippen molar-refractivity contribution in [3.63, 3.8) is 0 Å². The lowest BCUT2D eigenvalue weighted by Gasteiger charge is -2.13. The Morgan fingerprint density at radius 2 is 1.79 bits per heavy atom. The normalized spacial score (nSPS) is 13.3. The van der Waals surface area contributed by atoms with Crippen molar-refractivity contribution in [1.29, 1.82) is 0 Å². The number of benzene rings is 1. The van der Waals surface area contributed by atoms with Crippen LogP contribution in [-0.4, -0.2) is 43.0 Å². The highest BCUT2D eigenvalue weighted by molar-refractivity contribution is 6.27. The summed E-state index contributed by atoms with van der Waals surface area (Å²) < 4.78 is 1.63. The van der Waals surface area contributed by atoms with Gasteiger partial charge in [0, 0.05) is 37.7 Å². The molecule has 5 rings (SSSR count). The maximum Gasteiger partial charge on any atom is 0.263 e. The van der Waals surface area contributed by atoms with E-state index < -0.39 is 0 Å². The van der Waals surface area contributed by atoms with Crippen LogP contribution in [0, 0.1) is 0 Å². The Hall–Kier alpha value is -3.87. The third-order valence-corrected chi connectivity index (χ3v) is 5.19. The molecule has 142 valence electrons. The molecule has 1 aliphatic rings. The van der Waals surface area contributed by atoms with E-state index in [0.29, 0.717) is 40.8 Å². The predicted octanol–water partition coefficient (Wildman–Crippen LogP) is 2.87. The molecule has 3 aromatic heterocycles. The molecule has 0 aliphatic carbocycles. The minimum Gasteiger partial charge on any atom is -0.274 e. The van der Waals surface area contributed by atoms with Crippen LogP contribution in [0.4, 0.5) is 0 Å². The van der Waals surface area contributed by atoms with E-state index in [1.165, 1.54) is 11.1 Å². The van der Waals surface area contributed by atoms with Gasteiger partial charge in [-0.1, -0.05) is 30.3 Å². The van der Waals surface area contributed by atoms with Crippen LogP contribution >= 0.6 is 0 Å². The number of imide groups is 1. The van der Waals surface area contributed by atoms with Crippen molar-refractivity contribution in [2.75, 3.05) is 6.54 Å². The molecule has 0 fully saturated rings. The summed E-state index contributed by atoms with van der Waals surface area (Å²) >= 11 is 0. The zero-order valence-electron chi connectivity index (χ0n) is 15.7. The molecule has 0 N–H and O–H groups in total. The number of carbonyl (C=O) groups is 2. The molecule has 7 heteroatoms. The highest BCUT2D eigenvalue weighted by atomic mass is 16.2. The molecule has 1 aliphatic heterocycles. The van der Waals surface area contributed by atoms with Gasteiger partial charge in [-0.05, 0) is 24.1 Å². The minimum absolute atomic E-state index is 0.300. The average molecular weight is 383 g/mol. The second-order valence-corrected chi connectivity index (χ2v) is 6.96. The topological polar surface area (TPSA) is 81.0 Å². The average Bonchev–Trinajstić information content (AvgIpc) is 3.22. The highest BCUT2D eigenvalue weighted by Gasteiger charge is 2.39. The van der Waals surface area contributed by atoms with E-state index in [0.717, 1.165) is 11.1 Å². The Balaban J connectivity index is 1.60. The summed E-state index contributed by atoms with van der Waals surface area (Å²) in [5, 5.41) is 5.14. The Morgan fingerprint density at radius 1 is 0.966 bits per heavy atom. The van der Waals surface area contributed by atoms with Crippen LogP contribution in [0.25, 0.3) is 22.3 Å². The van der Waals surface area contributed by atoms with Crippen molar-refractivity contribution >= 4 is 22.8 Å². The van der Waals surface area contributed by atoms with Gasteiger partial charge in [0.15, 0.2) is 5.65 Å². The first kappa shape index (κ1) is 17.2. The van der Waals surface area contributed by atoms with Crippen LogP contribution in [0.3, 0.4) is 0 Å². The molecule has 2 amide bonds. The van der Waals surface area contributed by atoms with Crippen molar-refractivity contribution in [3.8, 4) is 11.3 Å². The van der Waals surface area contributed by atoms with Crippen molar-refractivity contribution in [2.45, 2.75) is 6.42 Å². The van der Waals surface area contributed by atoms with Gasteiger partial charge in [0.1, 0.15) is 5.69 Å². The van der Waals surface area contributed by atoms with Crippen molar-refractivity contribution in [2.24, 2.45) is 7.05 Å². The molecule has 0 atom stereocenters. The number of amides is 2. The van der Waals surface area contributed by atoms with E-state index in [-0.39, 0.29) is 11.8 Å². The fraction of sp³-hybridized carbons (Fsp3) is 0.136. The van der Waals surface area contributed by atoms with Gasteiger partial charge in [-0.2, -0.15) is 5.10 Å². The molecule has 7 nitrogen and oxygen atoms in total. The van der Waals surface area contributed by atoms with Gasteiger partial charge >= 0.3 is 0 Å². The first-order valence-electron chi connectivity index (χ1n) is 9.31. The Kier molecular flexibility index (Phi) is 3.94. The van der Waals surface area contributed by atoms with Gasteiger partial charge in [-0.25, -0.2) is 9.67 Å². The molecule has 29 heavy (non-hydrogen) atoms. The molecule has 1 aromatic carbocycles. The van der Waals surface area contributed by atoms with E-state index in [9.17, 15) is 9.59 Å². The zero-order valence-corrected chi connectivity index (χ0v) is 15.7. The summed E-state index contributed by atoms with van der Waals surface area (Å²) in [6.07, 6.45) is 5.45. The Bertz CT molecular complexity index is 1250. The quantitative estimate of drug-likeness (QED) is 0.506. The van der Waals surface area contributed by atoms with Crippen molar-refractivity contribution in [1.82, 2.24) is 24.6 Å². The number of rotatable bonds is 4. The lowest BCUT2D eigenvalue weighted by molar-refractivity contribution is 0.0656. The molecule has 4 heterocycles. The van der Waals surface area contributed by atoms with Gasteiger partial charge in [-0.3, -0.25) is 19.5 Å². The largest absolute Gasteiger partial charge is 0.274 e. The highest BCUT2D eigenvalue weighted by Crippen LogP contribution is 2.35. The lowest BCUT2D eigenvalue weighted by Crippen LogP contribution is -2.31.